The van der Waals surface area contributed by atoms with Gasteiger partial charge >= 0.3 is 0 Å². The molecule has 2 aromatic rings. The van der Waals surface area contributed by atoms with Crippen LogP contribution in [0.2, 0.25) is 0 Å². The van der Waals surface area contributed by atoms with Crippen molar-refractivity contribution in [2.24, 2.45) is 0 Å². The standard InChI is InChI=1S/C12H11BrN2O2S/c1-7-6-14-12(18-7)15-11(16)9-5-8(13)3-4-10(9)17-2/h3-6H,1-2H3,(H,14,15,16). The van der Waals surface area contributed by atoms with Gasteiger partial charge in [0, 0.05) is 15.5 Å². The van der Waals surface area contributed by atoms with E-state index in [1.807, 2.05) is 13.0 Å². The van der Waals surface area contributed by atoms with E-state index in [1.54, 1.807) is 18.3 Å². The van der Waals surface area contributed by atoms with Gasteiger partial charge in [0.2, 0.25) is 0 Å². The molecular formula is C12H11BrN2O2S. The molecule has 0 unspecified atom stereocenters. The largest absolute Gasteiger partial charge is 0.496 e. The molecule has 4 nitrogen and oxygen atoms in total. The number of hydrogen-bond donors (Lipinski definition) is 1. The van der Waals surface area contributed by atoms with Crippen molar-refractivity contribution >= 4 is 38.3 Å². The summed E-state index contributed by atoms with van der Waals surface area (Å²) in [5.74, 6) is 0.298. The van der Waals surface area contributed by atoms with E-state index in [4.69, 9.17) is 4.74 Å². The Labute approximate surface area is 117 Å². The molecule has 1 N–H and O–H groups in total. The highest BCUT2D eigenvalue weighted by molar-refractivity contribution is 9.10. The Morgan fingerprint density at radius 1 is 1.50 bits per heavy atom. The molecule has 18 heavy (non-hydrogen) atoms. The minimum Gasteiger partial charge on any atom is -0.496 e. The quantitative estimate of drug-likeness (QED) is 0.939. The average Bonchev–Trinajstić information content (AvgIpc) is 2.74. The summed E-state index contributed by atoms with van der Waals surface area (Å²) >= 11 is 4.77. The van der Waals surface area contributed by atoms with Crippen molar-refractivity contribution in [2.75, 3.05) is 12.4 Å². The van der Waals surface area contributed by atoms with E-state index >= 15 is 0 Å². The van der Waals surface area contributed by atoms with Gasteiger partial charge in [0.15, 0.2) is 5.13 Å². The number of rotatable bonds is 3. The van der Waals surface area contributed by atoms with Crippen LogP contribution in [0.5, 0.6) is 5.75 Å². The Morgan fingerprint density at radius 3 is 2.89 bits per heavy atom. The summed E-state index contributed by atoms with van der Waals surface area (Å²) < 4.78 is 5.99. The summed E-state index contributed by atoms with van der Waals surface area (Å²) in [6.45, 7) is 1.94. The molecule has 94 valence electrons. The fraction of sp³-hybridized carbons (Fsp3) is 0.167. The molecule has 0 aliphatic rings. The second-order valence-corrected chi connectivity index (χ2v) is 5.73. The molecule has 6 heteroatoms. The molecule has 1 heterocycles. The normalized spacial score (nSPS) is 10.2. The Hall–Kier alpha value is -1.40. The van der Waals surface area contributed by atoms with Gasteiger partial charge in [-0.05, 0) is 25.1 Å². The van der Waals surface area contributed by atoms with Crippen molar-refractivity contribution in [1.82, 2.24) is 4.98 Å². The van der Waals surface area contributed by atoms with Crippen LogP contribution in [0.15, 0.2) is 28.9 Å². The molecule has 0 aliphatic heterocycles. The van der Waals surface area contributed by atoms with Crippen LogP contribution in [0.3, 0.4) is 0 Å². The molecule has 2 rings (SSSR count). The molecular weight excluding hydrogens is 316 g/mol. The average molecular weight is 327 g/mol. The molecule has 0 aliphatic carbocycles. The third kappa shape index (κ3) is 2.88. The van der Waals surface area contributed by atoms with Crippen molar-refractivity contribution in [3.05, 3.63) is 39.3 Å². The lowest BCUT2D eigenvalue weighted by atomic mass is 10.2. The van der Waals surface area contributed by atoms with Gasteiger partial charge in [-0.15, -0.1) is 11.3 Å². The third-order valence-electron chi connectivity index (χ3n) is 2.25. The Kier molecular flexibility index (Phi) is 3.98. The summed E-state index contributed by atoms with van der Waals surface area (Å²) in [5.41, 5.74) is 0.472. The number of thiazole rings is 1. The van der Waals surface area contributed by atoms with Crippen LogP contribution in [0.4, 0.5) is 5.13 Å². The number of nitrogens with one attached hydrogen (secondary N) is 1. The number of aryl methyl sites for hydroxylation is 1. The van der Waals surface area contributed by atoms with Crippen molar-refractivity contribution in [1.29, 1.82) is 0 Å². The number of benzene rings is 1. The van der Waals surface area contributed by atoms with Crippen molar-refractivity contribution in [2.45, 2.75) is 6.92 Å². The first-order chi connectivity index (χ1) is 8.60. The second-order valence-electron chi connectivity index (χ2n) is 3.57. The minimum absolute atomic E-state index is 0.234. The highest BCUT2D eigenvalue weighted by Gasteiger charge is 2.14. The van der Waals surface area contributed by atoms with Crippen LogP contribution >= 0.6 is 27.3 Å². The van der Waals surface area contributed by atoms with E-state index < -0.39 is 0 Å². The topological polar surface area (TPSA) is 51.2 Å². The molecule has 0 radical (unpaired) electrons. The summed E-state index contributed by atoms with van der Waals surface area (Å²) in [4.78, 5) is 17.3. The number of amides is 1. The van der Waals surface area contributed by atoms with Gasteiger partial charge in [0.25, 0.3) is 5.91 Å². The van der Waals surface area contributed by atoms with Crippen LogP contribution in [0.25, 0.3) is 0 Å². The number of aromatic nitrogens is 1. The zero-order valence-electron chi connectivity index (χ0n) is 9.86. The van der Waals surface area contributed by atoms with E-state index in [0.29, 0.717) is 16.4 Å². The summed E-state index contributed by atoms with van der Waals surface area (Å²) in [6.07, 6.45) is 1.72. The molecule has 0 atom stereocenters. The summed E-state index contributed by atoms with van der Waals surface area (Å²) in [7, 11) is 1.54. The Bertz CT molecular complexity index is 583. The second kappa shape index (κ2) is 5.49. The molecule has 0 fully saturated rings. The van der Waals surface area contributed by atoms with Crippen molar-refractivity contribution < 1.29 is 9.53 Å². The van der Waals surface area contributed by atoms with Crippen LogP contribution in [0, 0.1) is 6.92 Å². The number of nitrogens with zero attached hydrogens (tertiary/aromatic N) is 1. The van der Waals surface area contributed by atoms with Gasteiger partial charge in [-0.3, -0.25) is 10.1 Å². The number of carbonyl (C=O) groups is 1. The van der Waals surface area contributed by atoms with Gasteiger partial charge in [0.05, 0.1) is 12.7 Å². The van der Waals surface area contributed by atoms with Gasteiger partial charge in [-0.2, -0.15) is 0 Å². The molecule has 0 spiro atoms. The number of anilines is 1. The van der Waals surface area contributed by atoms with Gasteiger partial charge in [-0.1, -0.05) is 15.9 Å². The van der Waals surface area contributed by atoms with Crippen LogP contribution in [-0.2, 0) is 0 Å². The highest BCUT2D eigenvalue weighted by atomic mass is 79.9. The van der Waals surface area contributed by atoms with E-state index in [9.17, 15) is 4.79 Å². The molecule has 1 aromatic heterocycles. The molecule has 0 saturated carbocycles. The van der Waals surface area contributed by atoms with Crippen molar-refractivity contribution in [3.63, 3.8) is 0 Å². The molecule has 1 amide bonds. The molecule has 0 saturated heterocycles. The summed E-state index contributed by atoms with van der Waals surface area (Å²) in [6, 6.07) is 5.28. The predicted molar refractivity (Wildman–Crippen MR) is 75.5 cm³/mol. The maximum Gasteiger partial charge on any atom is 0.261 e. The van der Waals surface area contributed by atoms with E-state index in [1.165, 1.54) is 18.4 Å². The Morgan fingerprint density at radius 2 is 2.28 bits per heavy atom. The lowest BCUT2D eigenvalue weighted by molar-refractivity contribution is 0.102. The van der Waals surface area contributed by atoms with Crippen LogP contribution in [0.1, 0.15) is 15.2 Å². The van der Waals surface area contributed by atoms with Crippen LogP contribution in [-0.4, -0.2) is 18.0 Å². The zero-order chi connectivity index (χ0) is 13.1. The smallest absolute Gasteiger partial charge is 0.261 e. The maximum absolute atomic E-state index is 12.1. The van der Waals surface area contributed by atoms with E-state index in [-0.39, 0.29) is 5.91 Å². The maximum atomic E-state index is 12.1. The van der Waals surface area contributed by atoms with Gasteiger partial charge < -0.3 is 4.74 Å². The first-order valence-electron chi connectivity index (χ1n) is 5.17. The zero-order valence-corrected chi connectivity index (χ0v) is 12.3. The first-order valence-corrected chi connectivity index (χ1v) is 6.78. The minimum atomic E-state index is -0.234. The number of halogens is 1. The van der Waals surface area contributed by atoms with Crippen molar-refractivity contribution in [3.8, 4) is 5.75 Å². The Balaban J connectivity index is 2.25. The third-order valence-corrected chi connectivity index (χ3v) is 3.57. The molecule has 0 bridgehead atoms. The lowest BCUT2D eigenvalue weighted by Crippen LogP contribution is -2.13. The highest BCUT2D eigenvalue weighted by Crippen LogP contribution is 2.25. The number of ether oxygens (including phenoxy) is 1. The van der Waals surface area contributed by atoms with Gasteiger partial charge in [-0.25, -0.2) is 4.98 Å². The fourth-order valence-corrected chi connectivity index (χ4v) is 2.46. The van der Waals surface area contributed by atoms with Gasteiger partial charge in [0.1, 0.15) is 5.75 Å². The fourth-order valence-electron chi connectivity index (χ4n) is 1.43. The monoisotopic (exact) mass is 326 g/mol. The van der Waals surface area contributed by atoms with E-state index in [0.717, 1.165) is 9.35 Å². The predicted octanol–water partition coefficient (Wildman–Crippen LogP) is 3.47. The lowest BCUT2D eigenvalue weighted by Gasteiger charge is -2.08. The number of methoxy groups -OCH3 is 1. The first kappa shape index (κ1) is 13.0. The molecule has 1 aromatic carbocycles. The van der Waals surface area contributed by atoms with Crippen LogP contribution < -0.4 is 10.1 Å². The number of carbonyl (C=O) groups excluding carboxylic acids is 1. The van der Waals surface area contributed by atoms with E-state index in [2.05, 4.69) is 26.2 Å². The number of hydrogen-bond acceptors (Lipinski definition) is 4. The SMILES string of the molecule is COc1ccc(Br)cc1C(=O)Nc1ncc(C)s1. The summed E-state index contributed by atoms with van der Waals surface area (Å²) in [5, 5.41) is 3.33.